The fourth-order valence-electron chi connectivity index (χ4n) is 3.99. The zero-order chi connectivity index (χ0) is 24.9. The average molecular weight is 465 g/mol. The summed E-state index contributed by atoms with van der Waals surface area (Å²) in [7, 11) is 0. The summed E-state index contributed by atoms with van der Waals surface area (Å²) in [5, 5.41) is 13.9. The van der Waals surface area contributed by atoms with Gasteiger partial charge in [0.05, 0.1) is 17.6 Å². The molecule has 7 N–H and O–H groups in total. The normalized spacial score (nSPS) is 12.5. The van der Waals surface area contributed by atoms with E-state index in [1.165, 1.54) is 18.6 Å². The topological polar surface area (TPSA) is 162 Å². The molecule has 0 fully saturated rings. The van der Waals surface area contributed by atoms with Gasteiger partial charge < -0.3 is 22.5 Å². The third-order valence-electron chi connectivity index (χ3n) is 5.58. The summed E-state index contributed by atoms with van der Waals surface area (Å²) in [4.78, 5) is 22.1. The number of nitriles is 1. The number of hydrogen-bond acceptors (Lipinski definition) is 8. The molecule has 0 aliphatic heterocycles. The second-order valence-electron chi connectivity index (χ2n) is 7.76. The summed E-state index contributed by atoms with van der Waals surface area (Å²) < 4.78 is 1.64. The van der Waals surface area contributed by atoms with Crippen LogP contribution in [0.3, 0.4) is 0 Å². The summed E-state index contributed by atoms with van der Waals surface area (Å²) in [6, 6.07) is 18.4. The molecule has 9 heteroatoms. The first-order valence-electron chi connectivity index (χ1n) is 10.8. The highest BCUT2D eigenvalue weighted by molar-refractivity contribution is 5.96. The van der Waals surface area contributed by atoms with Gasteiger partial charge in [0.2, 0.25) is 5.95 Å². The van der Waals surface area contributed by atoms with Crippen LogP contribution in [0.4, 0.5) is 11.8 Å². The monoisotopic (exact) mass is 464 g/mol. The van der Waals surface area contributed by atoms with Crippen molar-refractivity contribution in [1.29, 1.82) is 5.26 Å². The average Bonchev–Trinajstić information content (AvgIpc) is 2.87. The zero-order valence-electron chi connectivity index (χ0n) is 19.0. The summed E-state index contributed by atoms with van der Waals surface area (Å²) in [5.74, 6) is 0.325. The molecule has 9 nitrogen and oxygen atoms in total. The lowest BCUT2D eigenvalue weighted by molar-refractivity contribution is 0.772. The Kier molecular flexibility index (Phi) is 6.46. The Bertz CT molecular complexity index is 1550. The molecule has 4 rings (SSSR count). The predicted molar refractivity (Wildman–Crippen MR) is 138 cm³/mol. The molecule has 0 spiro atoms. The standard InChI is InChI=1S/C26H24N8O/c1-16(32-24-19(14-29)15-31-26(30)33-24)22-12-17-6-5-9-21(18(13-28)10-11-27)23(17)25(35)34(22)20-7-3-2-4-8-20/h2-13,15-16H,27-28H2,1H3,(H3,30,31,32,33)/b11-10-,18-13+. The van der Waals surface area contributed by atoms with Crippen LogP contribution < -0.4 is 28.1 Å². The van der Waals surface area contributed by atoms with Crippen LogP contribution in [-0.4, -0.2) is 14.5 Å². The molecule has 0 amide bonds. The number of nitrogens with zero attached hydrogens (tertiary/aromatic N) is 4. The number of aromatic nitrogens is 3. The van der Waals surface area contributed by atoms with Crippen molar-refractivity contribution < 1.29 is 0 Å². The second-order valence-corrected chi connectivity index (χ2v) is 7.76. The predicted octanol–water partition coefficient (Wildman–Crippen LogP) is 3.18. The van der Waals surface area contributed by atoms with Crippen molar-refractivity contribution in [2.45, 2.75) is 13.0 Å². The summed E-state index contributed by atoms with van der Waals surface area (Å²) in [6.07, 6.45) is 5.82. The summed E-state index contributed by atoms with van der Waals surface area (Å²) in [5.41, 5.74) is 19.9. The lowest BCUT2D eigenvalue weighted by Gasteiger charge is -2.22. The van der Waals surface area contributed by atoms with E-state index in [0.29, 0.717) is 27.9 Å². The van der Waals surface area contributed by atoms with Gasteiger partial charge in [0.1, 0.15) is 17.5 Å². The molecule has 0 saturated carbocycles. The maximum atomic E-state index is 14.0. The Labute approximate surface area is 201 Å². The molecule has 2 aromatic heterocycles. The molecular weight excluding hydrogens is 440 g/mol. The fraction of sp³-hybridized carbons (Fsp3) is 0.0769. The maximum absolute atomic E-state index is 14.0. The van der Waals surface area contributed by atoms with E-state index < -0.39 is 6.04 Å². The van der Waals surface area contributed by atoms with Crippen LogP contribution in [0.1, 0.15) is 29.8 Å². The highest BCUT2D eigenvalue weighted by Crippen LogP contribution is 2.28. The van der Waals surface area contributed by atoms with Gasteiger partial charge in [0, 0.05) is 17.6 Å². The quantitative estimate of drug-likeness (QED) is 0.316. The number of nitrogens with one attached hydrogen (secondary N) is 1. The van der Waals surface area contributed by atoms with Crippen molar-refractivity contribution in [3.8, 4) is 11.8 Å². The minimum absolute atomic E-state index is 0.0383. The van der Waals surface area contributed by atoms with Crippen LogP contribution in [0, 0.1) is 11.3 Å². The molecule has 2 aromatic carbocycles. The largest absolute Gasteiger partial charge is 0.405 e. The van der Waals surface area contributed by atoms with Gasteiger partial charge in [0.15, 0.2) is 0 Å². The van der Waals surface area contributed by atoms with Crippen LogP contribution in [-0.2, 0) is 0 Å². The first-order chi connectivity index (χ1) is 17.0. The summed E-state index contributed by atoms with van der Waals surface area (Å²) in [6.45, 7) is 1.88. The Balaban J connectivity index is 1.99. The molecule has 1 atom stereocenters. The van der Waals surface area contributed by atoms with Gasteiger partial charge in [-0.25, -0.2) is 4.98 Å². The summed E-state index contributed by atoms with van der Waals surface area (Å²) >= 11 is 0. The number of nitrogen functional groups attached to an aromatic ring is 1. The molecule has 0 radical (unpaired) electrons. The van der Waals surface area contributed by atoms with E-state index in [2.05, 4.69) is 21.4 Å². The zero-order valence-corrected chi connectivity index (χ0v) is 19.0. The van der Waals surface area contributed by atoms with Crippen molar-refractivity contribution in [2.24, 2.45) is 11.5 Å². The molecule has 0 bridgehead atoms. The minimum Gasteiger partial charge on any atom is -0.405 e. The van der Waals surface area contributed by atoms with Crippen molar-refractivity contribution in [2.75, 3.05) is 11.1 Å². The van der Waals surface area contributed by atoms with E-state index in [9.17, 15) is 10.1 Å². The van der Waals surface area contributed by atoms with Gasteiger partial charge in [0.25, 0.3) is 5.56 Å². The lowest BCUT2D eigenvalue weighted by atomic mass is 9.98. The van der Waals surface area contributed by atoms with E-state index in [1.807, 2.05) is 61.5 Å². The third kappa shape index (κ3) is 4.41. The number of hydrogen-bond donors (Lipinski definition) is 4. The second kappa shape index (κ2) is 9.80. The molecule has 4 aromatic rings. The minimum atomic E-state index is -0.425. The Morgan fingerprint density at radius 3 is 2.63 bits per heavy atom. The number of anilines is 2. The lowest BCUT2D eigenvalue weighted by Crippen LogP contribution is -2.26. The molecule has 2 heterocycles. The smallest absolute Gasteiger partial charge is 0.263 e. The fourth-order valence-corrected chi connectivity index (χ4v) is 3.99. The number of nitrogens with two attached hydrogens (primary N) is 3. The van der Waals surface area contributed by atoms with Crippen LogP contribution in [0.25, 0.3) is 22.0 Å². The Hall–Kier alpha value is -5.10. The van der Waals surface area contributed by atoms with E-state index >= 15 is 0 Å². The van der Waals surface area contributed by atoms with Crippen LogP contribution in [0.15, 0.2) is 84.1 Å². The highest BCUT2D eigenvalue weighted by Gasteiger charge is 2.20. The first kappa shape index (κ1) is 23.1. The van der Waals surface area contributed by atoms with Crippen molar-refractivity contribution in [3.05, 3.63) is 106 Å². The number of rotatable bonds is 6. The van der Waals surface area contributed by atoms with Gasteiger partial charge >= 0.3 is 0 Å². The number of fused-ring (bicyclic) bond motifs is 1. The Morgan fingerprint density at radius 1 is 1.17 bits per heavy atom. The van der Waals surface area contributed by atoms with E-state index in [-0.39, 0.29) is 22.9 Å². The Morgan fingerprint density at radius 2 is 1.94 bits per heavy atom. The highest BCUT2D eigenvalue weighted by atomic mass is 16.1. The SMILES string of the molecule is CC(Nc1nc(N)ncc1C#N)c1cc2cccc(C(/C=C\N)=C/N)c2c(=O)n1-c1ccccc1. The van der Waals surface area contributed by atoms with Gasteiger partial charge in [-0.1, -0.05) is 36.4 Å². The van der Waals surface area contributed by atoms with Gasteiger partial charge in [-0.15, -0.1) is 0 Å². The van der Waals surface area contributed by atoms with Crippen LogP contribution in [0.5, 0.6) is 0 Å². The molecule has 0 aliphatic carbocycles. The molecule has 1 unspecified atom stereocenters. The first-order valence-corrected chi connectivity index (χ1v) is 10.8. The van der Waals surface area contributed by atoms with Gasteiger partial charge in [-0.3, -0.25) is 9.36 Å². The van der Waals surface area contributed by atoms with Crippen LogP contribution >= 0.6 is 0 Å². The third-order valence-corrected chi connectivity index (χ3v) is 5.58. The van der Waals surface area contributed by atoms with Crippen molar-refractivity contribution in [1.82, 2.24) is 14.5 Å². The molecule has 0 saturated heterocycles. The van der Waals surface area contributed by atoms with Crippen molar-refractivity contribution in [3.63, 3.8) is 0 Å². The molecule has 35 heavy (non-hydrogen) atoms. The van der Waals surface area contributed by atoms with Gasteiger partial charge in [-0.2, -0.15) is 10.2 Å². The van der Waals surface area contributed by atoms with E-state index in [0.717, 1.165) is 5.39 Å². The van der Waals surface area contributed by atoms with Crippen molar-refractivity contribution >= 4 is 28.1 Å². The molecule has 174 valence electrons. The molecule has 0 aliphatic rings. The molecular formula is C26H24N8O. The maximum Gasteiger partial charge on any atom is 0.263 e. The van der Waals surface area contributed by atoms with Gasteiger partial charge in [-0.05, 0) is 53.9 Å². The van der Waals surface area contributed by atoms with E-state index in [1.54, 1.807) is 10.6 Å². The van der Waals surface area contributed by atoms with E-state index in [4.69, 9.17) is 17.2 Å². The number of para-hydroxylation sites is 1. The number of allylic oxidation sites excluding steroid dienone is 2. The number of pyridine rings is 1. The van der Waals surface area contributed by atoms with Crippen LogP contribution in [0.2, 0.25) is 0 Å². The number of benzene rings is 2.